The van der Waals surface area contributed by atoms with E-state index in [2.05, 4.69) is 29.4 Å². The number of amides is 1. The van der Waals surface area contributed by atoms with Crippen LogP contribution >= 0.6 is 24.8 Å². The summed E-state index contributed by atoms with van der Waals surface area (Å²) in [7, 11) is 1.68. The number of carbonyl (C=O) groups is 1. The predicted octanol–water partition coefficient (Wildman–Crippen LogP) is 1.85. The number of hydrogen-bond acceptors (Lipinski definition) is 5. The van der Waals surface area contributed by atoms with Crippen molar-refractivity contribution in [1.29, 1.82) is 0 Å². The third-order valence-corrected chi connectivity index (χ3v) is 5.14. The average Bonchev–Trinajstić information content (AvgIpc) is 2.54. The van der Waals surface area contributed by atoms with Gasteiger partial charge in [0.25, 0.3) is 0 Å². The van der Waals surface area contributed by atoms with Crippen LogP contribution in [-0.4, -0.2) is 76.0 Å². The summed E-state index contributed by atoms with van der Waals surface area (Å²) in [6.07, 6.45) is 4.49. The molecule has 0 aromatic rings. The zero-order valence-electron chi connectivity index (χ0n) is 16.4. The van der Waals surface area contributed by atoms with Gasteiger partial charge in [0.1, 0.15) is 0 Å². The molecule has 0 aliphatic carbocycles. The van der Waals surface area contributed by atoms with Gasteiger partial charge in [-0.15, -0.1) is 24.8 Å². The lowest BCUT2D eigenvalue weighted by Gasteiger charge is -2.36. The topological polar surface area (TPSA) is 62.8 Å². The quantitative estimate of drug-likeness (QED) is 0.594. The molecule has 26 heavy (non-hydrogen) atoms. The summed E-state index contributed by atoms with van der Waals surface area (Å²) in [5, 5.41) is 6.46. The number of carbonyl (C=O) groups excluding carboxylic acids is 1. The van der Waals surface area contributed by atoms with Crippen molar-refractivity contribution in [3.05, 3.63) is 0 Å². The van der Waals surface area contributed by atoms with Crippen LogP contribution in [0.15, 0.2) is 0 Å². The normalized spacial score (nSPS) is 25.7. The zero-order chi connectivity index (χ0) is 17.4. The van der Waals surface area contributed by atoms with Gasteiger partial charge >= 0.3 is 0 Å². The van der Waals surface area contributed by atoms with Gasteiger partial charge in [0.15, 0.2) is 0 Å². The molecule has 8 heteroatoms. The molecule has 0 bridgehead atoms. The molecule has 2 aliphatic rings. The van der Waals surface area contributed by atoms with Gasteiger partial charge in [0.05, 0.1) is 24.2 Å². The number of hydrogen-bond donors (Lipinski definition) is 2. The van der Waals surface area contributed by atoms with Crippen LogP contribution in [0.1, 0.15) is 39.5 Å². The Morgan fingerprint density at radius 2 is 1.81 bits per heavy atom. The molecule has 2 unspecified atom stereocenters. The maximum absolute atomic E-state index is 12.6. The number of methoxy groups -OCH3 is 1. The minimum absolute atomic E-state index is 0. The Kier molecular flexibility index (Phi) is 13.1. The molecule has 156 valence electrons. The van der Waals surface area contributed by atoms with Crippen LogP contribution in [0.3, 0.4) is 0 Å². The largest absolute Gasteiger partial charge is 0.384 e. The van der Waals surface area contributed by atoms with Gasteiger partial charge in [-0.05, 0) is 59.2 Å². The van der Waals surface area contributed by atoms with Crippen molar-refractivity contribution in [3.63, 3.8) is 0 Å². The molecule has 0 saturated carbocycles. The molecule has 2 saturated heterocycles. The third-order valence-electron chi connectivity index (χ3n) is 5.14. The maximum atomic E-state index is 12.6. The lowest BCUT2D eigenvalue weighted by molar-refractivity contribution is -0.136. The summed E-state index contributed by atoms with van der Waals surface area (Å²) >= 11 is 0. The van der Waals surface area contributed by atoms with Crippen LogP contribution in [-0.2, 0) is 14.3 Å². The fraction of sp³-hybridized carbons (Fsp3) is 0.944. The van der Waals surface area contributed by atoms with E-state index in [1.807, 2.05) is 0 Å². The Balaban J connectivity index is 0.00000312. The fourth-order valence-corrected chi connectivity index (χ4v) is 3.94. The predicted molar refractivity (Wildman–Crippen MR) is 110 cm³/mol. The molecule has 0 aromatic carbocycles. The van der Waals surface area contributed by atoms with Crippen molar-refractivity contribution in [3.8, 4) is 0 Å². The number of ether oxygens (including phenoxy) is 2. The number of piperidine rings is 1. The Hall–Kier alpha value is -0.110. The minimum Gasteiger partial charge on any atom is -0.384 e. The molecule has 2 fully saturated rings. The highest BCUT2D eigenvalue weighted by Crippen LogP contribution is 2.29. The summed E-state index contributed by atoms with van der Waals surface area (Å²) in [5.41, 5.74) is -0.338. The van der Waals surface area contributed by atoms with Gasteiger partial charge in [-0.25, -0.2) is 0 Å². The van der Waals surface area contributed by atoms with Gasteiger partial charge in [0.2, 0.25) is 5.91 Å². The molecule has 2 N–H and O–H groups in total. The molecule has 0 spiro atoms. The molecule has 2 heterocycles. The van der Waals surface area contributed by atoms with E-state index >= 15 is 0 Å². The van der Waals surface area contributed by atoms with E-state index < -0.39 is 0 Å². The fourth-order valence-electron chi connectivity index (χ4n) is 3.94. The van der Waals surface area contributed by atoms with E-state index in [0.29, 0.717) is 18.8 Å². The van der Waals surface area contributed by atoms with Crippen molar-refractivity contribution >= 4 is 30.7 Å². The van der Waals surface area contributed by atoms with Gasteiger partial charge < -0.3 is 20.1 Å². The highest BCUT2D eigenvalue weighted by Gasteiger charge is 2.39. The molecule has 2 aliphatic heterocycles. The summed E-state index contributed by atoms with van der Waals surface area (Å²) in [6, 6.07) is 0. The van der Waals surface area contributed by atoms with Crippen LogP contribution in [0.25, 0.3) is 0 Å². The molecule has 1 amide bonds. The van der Waals surface area contributed by atoms with E-state index in [1.54, 1.807) is 7.11 Å². The third kappa shape index (κ3) is 7.87. The SMILES string of the molecule is COCC1(C(=O)NCCCCN2CC(C)OC(C)C2)CCNCC1.Cl.Cl. The lowest BCUT2D eigenvalue weighted by atomic mass is 9.78. The van der Waals surface area contributed by atoms with Crippen LogP contribution in [0.5, 0.6) is 0 Å². The lowest BCUT2D eigenvalue weighted by Crippen LogP contribution is -2.50. The molecular formula is C18H37Cl2N3O3. The molecule has 0 radical (unpaired) electrons. The van der Waals surface area contributed by atoms with Crippen molar-refractivity contribution < 1.29 is 14.3 Å². The van der Waals surface area contributed by atoms with Crippen molar-refractivity contribution in [2.24, 2.45) is 5.41 Å². The maximum Gasteiger partial charge on any atom is 0.228 e. The molecular weight excluding hydrogens is 377 g/mol. The van der Waals surface area contributed by atoms with E-state index in [9.17, 15) is 4.79 Å². The first kappa shape index (κ1) is 25.9. The summed E-state index contributed by atoms with van der Waals surface area (Å²) in [5.74, 6) is 0.166. The van der Waals surface area contributed by atoms with Crippen LogP contribution in [0.4, 0.5) is 0 Å². The average molecular weight is 414 g/mol. The molecule has 2 rings (SSSR count). The number of nitrogens with one attached hydrogen (secondary N) is 2. The van der Waals surface area contributed by atoms with Gasteiger partial charge in [-0.1, -0.05) is 0 Å². The monoisotopic (exact) mass is 413 g/mol. The first-order chi connectivity index (χ1) is 11.6. The Bertz CT molecular complexity index is 380. The number of nitrogens with zero attached hydrogens (tertiary/aromatic N) is 1. The van der Waals surface area contributed by atoms with Crippen molar-refractivity contribution in [2.45, 2.75) is 51.7 Å². The zero-order valence-corrected chi connectivity index (χ0v) is 18.1. The smallest absolute Gasteiger partial charge is 0.228 e. The second-order valence-corrected chi connectivity index (χ2v) is 7.44. The van der Waals surface area contributed by atoms with E-state index in [1.165, 1.54) is 0 Å². The molecule has 0 aromatic heterocycles. The first-order valence-corrected chi connectivity index (χ1v) is 9.41. The van der Waals surface area contributed by atoms with E-state index in [0.717, 1.165) is 65.0 Å². The van der Waals surface area contributed by atoms with Crippen molar-refractivity contribution in [2.75, 3.05) is 53.0 Å². The van der Waals surface area contributed by atoms with Gasteiger partial charge in [0, 0.05) is 26.7 Å². The Labute approximate surface area is 170 Å². The van der Waals surface area contributed by atoms with Gasteiger partial charge in [-0.3, -0.25) is 9.69 Å². The number of rotatable bonds is 8. The molecule has 6 nitrogen and oxygen atoms in total. The number of unbranched alkanes of at least 4 members (excludes halogenated alkanes) is 1. The first-order valence-electron chi connectivity index (χ1n) is 9.41. The van der Waals surface area contributed by atoms with Crippen LogP contribution < -0.4 is 10.6 Å². The highest BCUT2D eigenvalue weighted by atomic mass is 35.5. The summed E-state index contributed by atoms with van der Waals surface area (Å²) in [6.45, 7) is 10.4. The minimum atomic E-state index is -0.338. The van der Waals surface area contributed by atoms with Gasteiger partial charge in [-0.2, -0.15) is 0 Å². The number of halogens is 2. The summed E-state index contributed by atoms with van der Waals surface area (Å²) in [4.78, 5) is 15.1. The second-order valence-electron chi connectivity index (χ2n) is 7.44. The summed E-state index contributed by atoms with van der Waals surface area (Å²) < 4.78 is 11.1. The Morgan fingerprint density at radius 3 is 2.38 bits per heavy atom. The number of morpholine rings is 1. The van der Waals surface area contributed by atoms with Crippen LogP contribution in [0.2, 0.25) is 0 Å². The van der Waals surface area contributed by atoms with Crippen molar-refractivity contribution in [1.82, 2.24) is 15.5 Å². The van der Waals surface area contributed by atoms with E-state index in [4.69, 9.17) is 9.47 Å². The van der Waals surface area contributed by atoms with Crippen LogP contribution in [0, 0.1) is 5.41 Å². The molecule has 2 atom stereocenters. The Morgan fingerprint density at radius 1 is 1.19 bits per heavy atom. The standard InChI is InChI=1S/C18H35N3O3.2ClH/c1-15-12-21(13-16(2)24-15)11-5-4-8-20-17(22)18(14-23-3)6-9-19-10-7-18;;/h15-16,19H,4-14H2,1-3H3,(H,20,22);2*1H. The highest BCUT2D eigenvalue weighted by molar-refractivity contribution is 5.85. The second kappa shape index (κ2) is 13.1. The van der Waals surface area contributed by atoms with E-state index in [-0.39, 0.29) is 36.1 Å².